The van der Waals surface area contributed by atoms with Crippen LogP contribution in [0.2, 0.25) is 0 Å². The minimum Gasteiger partial charge on any atom is -0.497 e. The smallest absolute Gasteiger partial charge is 0.307 e. The second-order valence-electron chi connectivity index (χ2n) is 8.99. The number of ether oxygens (including phenoxy) is 2. The molecule has 0 saturated heterocycles. The van der Waals surface area contributed by atoms with Crippen molar-refractivity contribution >= 4 is 17.0 Å². The van der Waals surface area contributed by atoms with Crippen LogP contribution < -0.4 is 4.74 Å². The highest BCUT2D eigenvalue weighted by Crippen LogP contribution is 2.37. The zero-order chi connectivity index (χ0) is 25.1. The van der Waals surface area contributed by atoms with Crippen molar-refractivity contribution < 1.29 is 19.4 Å². The summed E-state index contributed by atoms with van der Waals surface area (Å²) in [4.78, 5) is 12.1. The largest absolute Gasteiger partial charge is 0.497 e. The molecule has 0 saturated carbocycles. The number of nitrogens with zero attached hydrogens (tertiary/aromatic N) is 3. The third kappa shape index (κ3) is 5.05. The molecule has 7 heteroatoms. The van der Waals surface area contributed by atoms with E-state index >= 15 is 0 Å². The van der Waals surface area contributed by atoms with Crippen molar-refractivity contribution in [2.45, 2.75) is 39.9 Å². The summed E-state index contributed by atoms with van der Waals surface area (Å²) in [6.45, 7) is 6.70. The van der Waals surface area contributed by atoms with Gasteiger partial charge in [0.25, 0.3) is 0 Å². The molecule has 35 heavy (non-hydrogen) atoms. The Morgan fingerprint density at radius 3 is 2.49 bits per heavy atom. The van der Waals surface area contributed by atoms with Crippen LogP contribution in [0.15, 0.2) is 54.6 Å². The van der Waals surface area contributed by atoms with Crippen molar-refractivity contribution in [2.24, 2.45) is 13.0 Å². The molecule has 0 radical (unpaired) electrons. The van der Waals surface area contributed by atoms with E-state index in [0.29, 0.717) is 13.2 Å². The summed E-state index contributed by atoms with van der Waals surface area (Å²) in [5.41, 5.74) is 7.76. The second-order valence-corrected chi connectivity index (χ2v) is 8.99. The number of carbonyl (C=O) groups is 1. The lowest BCUT2D eigenvalue weighted by Gasteiger charge is -2.25. The lowest BCUT2D eigenvalue weighted by Crippen LogP contribution is -2.21. The number of rotatable bonds is 9. The Morgan fingerprint density at radius 2 is 1.80 bits per heavy atom. The first kappa shape index (κ1) is 24.4. The number of fused-ring (bicyclic) bond motifs is 1. The average molecular weight is 474 g/mol. The monoisotopic (exact) mass is 473 g/mol. The third-order valence-corrected chi connectivity index (χ3v) is 6.72. The maximum atomic E-state index is 12.1. The molecule has 1 aromatic heterocycles. The van der Waals surface area contributed by atoms with E-state index in [1.807, 2.05) is 69.4 Å². The lowest BCUT2D eigenvalue weighted by molar-refractivity contribution is -0.141. The maximum Gasteiger partial charge on any atom is 0.307 e. The van der Waals surface area contributed by atoms with Crippen LogP contribution in [0, 0.1) is 19.8 Å². The van der Waals surface area contributed by atoms with Crippen LogP contribution in [0.5, 0.6) is 5.75 Å². The van der Waals surface area contributed by atoms with E-state index in [1.165, 1.54) is 0 Å². The molecule has 3 aromatic carbocycles. The molecule has 1 heterocycles. The third-order valence-electron chi connectivity index (χ3n) is 6.72. The predicted molar refractivity (Wildman–Crippen MR) is 135 cm³/mol. The number of methoxy groups -OCH3 is 1. The Balaban J connectivity index is 1.64. The van der Waals surface area contributed by atoms with E-state index in [4.69, 9.17) is 9.47 Å². The predicted octanol–water partition coefficient (Wildman–Crippen LogP) is 5.16. The summed E-state index contributed by atoms with van der Waals surface area (Å²) in [6, 6.07) is 17.9. The molecule has 0 aliphatic carbocycles. The minimum atomic E-state index is -0.841. The summed E-state index contributed by atoms with van der Waals surface area (Å²) < 4.78 is 13.0. The van der Waals surface area contributed by atoms with Crippen LogP contribution in [0.3, 0.4) is 0 Å². The first-order valence-electron chi connectivity index (χ1n) is 11.6. The van der Waals surface area contributed by atoms with Gasteiger partial charge >= 0.3 is 5.97 Å². The van der Waals surface area contributed by atoms with Gasteiger partial charge in [-0.05, 0) is 65.4 Å². The fourth-order valence-electron chi connectivity index (χ4n) is 4.51. The van der Waals surface area contributed by atoms with Gasteiger partial charge in [0.2, 0.25) is 0 Å². The van der Waals surface area contributed by atoms with Gasteiger partial charge in [-0.1, -0.05) is 48.5 Å². The van der Waals surface area contributed by atoms with E-state index in [-0.39, 0.29) is 5.92 Å². The second kappa shape index (κ2) is 10.3. The van der Waals surface area contributed by atoms with Crippen molar-refractivity contribution in [1.29, 1.82) is 0 Å². The topological polar surface area (TPSA) is 86.5 Å². The number of aryl methyl sites for hydroxylation is 3. The first-order chi connectivity index (χ1) is 16.8. The number of aliphatic carboxylic acids is 1. The zero-order valence-electron chi connectivity index (χ0n) is 20.8. The van der Waals surface area contributed by atoms with Crippen molar-refractivity contribution in [1.82, 2.24) is 15.0 Å². The van der Waals surface area contributed by atoms with Gasteiger partial charge in [-0.25, -0.2) is 4.68 Å². The Bertz CT molecular complexity index is 1340. The van der Waals surface area contributed by atoms with Gasteiger partial charge in [-0.2, -0.15) is 0 Å². The summed E-state index contributed by atoms with van der Waals surface area (Å²) in [7, 11) is 3.50. The van der Waals surface area contributed by atoms with E-state index < -0.39 is 11.9 Å². The van der Waals surface area contributed by atoms with Gasteiger partial charge in [0.15, 0.2) is 0 Å². The molecule has 0 aliphatic rings. The maximum absolute atomic E-state index is 12.1. The fourth-order valence-corrected chi connectivity index (χ4v) is 4.51. The highest BCUT2D eigenvalue weighted by atomic mass is 16.5. The van der Waals surface area contributed by atoms with Crippen molar-refractivity contribution in [3.63, 3.8) is 0 Å². The number of hydrogen-bond donors (Lipinski definition) is 1. The van der Waals surface area contributed by atoms with Crippen LogP contribution in [0.1, 0.15) is 46.2 Å². The molecule has 0 spiro atoms. The summed E-state index contributed by atoms with van der Waals surface area (Å²) in [5.74, 6) is -0.990. The van der Waals surface area contributed by atoms with Crippen LogP contribution in [0.4, 0.5) is 0 Å². The fraction of sp³-hybridized carbons (Fsp3) is 0.321. The average Bonchev–Trinajstić information content (AvgIpc) is 3.24. The van der Waals surface area contributed by atoms with Gasteiger partial charge in [0.1, 0.15) is 11.3 Å². The zero-order valence-corrected chi connectivity index (χ0v) is 20.8. The van der Waals surface area contributed by atoms with Gasteiger partial charge in [0, 0.05) is 13.0 Å². The van der Waals surface area contributed by atoms with Crippen LogP contribution in [0.25, 0.3) is 11.0 Å². The summed E-state index contributed by atoms with van der Waals surface area (Å²) in [5, 5.41) is 18.4. The standard InChI is InChI=1S/C28H31N3O4/c1-17-6-9-21(14-22(17)16-35-15-20-7-10-23(34-5)11-8-20)26(19(3)28(32)33)24-12-13-25-27(18(24)2)29-30-31(25)4/h6-14,19,26H,15-16H2,1-5H3,(H,32,33)/t19-,26+/m1/s1. The van der Waals surface area contributed by atoms with E-state index in [9.17, 15) is 9.90 Å². The van der Waals surface area contributed by atoms with Crippen LogP contribution in [-0.2, 0) is 29.8 Å². The number of hydrogen-bond acceptors (Lipinski definition) is 5. The SMILES string of the molecule is COc1ccc(COCc2cc([C@@H](c3ccc4c(nnn4C)c3C)[C@@H](C)C(=O)O)ccc2C)cc1. The van der Waals surface area contributed by atoms with Gasteiger partial charge in [-0.3, -0.25) is 4.79 Å². The van der Waals surface area contributed by atoms with Crippen molar-refractivity contribution in [2.75, 3.05) is 7.11 Å². The molecule has 0 fully saturated rings. The van der Waals surface area contributed by atoms with Crippen molar-refractivity contribution in [3.8, 4) is 5.75 Å². The molecular formula is C28H31N3O4. The number of carboxylic acids is 1. The van der Waals surface area contributed by atoms with E-state index in [2.05, 4.69) is 16.4 Å². The molecule has 1 N–H and O–H groups in total. The molecular weight excluding hydrogens is 442 g/mol. The summed E-state index contributed by atoms with van der Waals surface area (Å²) >= 11 is 0. The normalized spacial score (nSPS) is 13.1. The number of carboxylic acid groups (broad SMARTS) is 1. The lowest BCUT2D eigenvalue weighted by atomic mass is 9.79. The Morgan fingerprint density at radius 1 is 1.06 bits per heavy atom. The molecule has 4 rings (SSSR count). The molecule has 0 aliphatic heterocycles. The molecule has 2 atom stereocenters. The Kier molecular flexibility index (Phi) is 7.17. The molecule has 4 aromatic rings. The summed E-state index contributed by atoms with van der Waals surface area (Å²) in [6.07, 6.45) is 0. The highest BCUT2D eigenvalue weighted by molar-refractivity contribution is 5.80. The number of benzene rings is 3. The highest BCUT2D eigenvalue weighted by Gasteiger charge is 2.29. The Hall–Kier alpha value is -3.71. The van der Waals surface area contributed by atoms with E-state index in [0.717, 1.165) is 50.2 Å². The molecule has 182 valence electrons. The molecule has 0 unspecified atom stereocenters. The molecule has 0 amide bonds. The van der Waals surface area contributed by atoms with Crippen LogP contribution >= 0.6 is 0 Å². The van der Waals surface area contributed by atoms with Gasteiger partial charge in [-0.15, -0.1) is 5.10 Å². The Labute approximate surface area is 205 Å². The first-order valence-corrected chi connectivity index (χ1v) is 11.6. The van der Waals surface area contributed by atoms with Crippen LogP contribution in [-0.4, -0.2) is 33.2 Å². The minimum absolute atomic E-state index is 0.333. The molecule has 7 nitrogen and oxygen atoms in total. The van der Waals surface area contributed by atoms with E-state index in [1.54, 1.807) is 18.7 Å². The molecule has 0 bridgehead atoms. The quantitative estimate of drug-likeness (QED) is 0.361. The van der Waals surface area contributed by atoms with Crippen molar-refractivity contribution in [3.05, 3.63) is 88.0 Å². The van der Waals surface area contributed by atoms with Gasteiger partial charge in [0.05, 0.1) is 31.8 Å². The van der Waals surface area contributed by atoms with Gasteiger partial charge < -0.3 is 14.6 Å². The number of aromatic nitrogens is 3.